The summed E-state index contributed by atoms with van der Waals surface area (Å²) >= 11 is 3.47. The molecular formula is C12H20BrN3O. The van der Waals surface area contributed by atoms with Crippen LogP contribution in [0.1, 0.15) is 27.7 Å². The number of hydrogen-bond donors (Lipinski definition) is 1. The number of ether oxygens (including phenoxy) is 1. The Morgan fingerprint density at radius 3 is 2.65 bits per heavy atom. The Bertz CT molecular complexity index is 346. The standard InChI is InChI=1S/C12H20BrN3O/c1-8(2)17-11-5-6-14-12(16-11)15-10(4)9(3)7-13/h5-6,8-10H,7H2,1-4H3,(H,14,15,16). The van der Waals surface area contributed by atoms with Crippen molar-refractivity contribution in [2.75, 3.05) is 10.6 Å². The number of alkyl halides is 1. The minimum absolute atomic E-state index is 0.122. The molecule has 0 aliphatic rings. The van der Waals surface area contributed by atoms with Gasteiger partial charge in [-0.3, -0.25) is 0 Å². The molecule has 1 aromatic rings. The third-order valence-electron chi connectivity index (χ3n) is 2.44. The molecule has 0 aliphatic heterocycles. The maximum atomic E-state index is 5.52. The second-order valence-corrected chi connectivity index (χ2v) is 5.10. The van der Waals surface area contributed by atoms with Gasteiger partial charge in [-0.05, 0) is 26.7 Å². The van der Waals surface area contributed by atoms with E-state index in [4.69, 9.17) is 4.74 Å². The molecule has 17 heavy (non-hydrogen) atoms. The lowest BCUT2D eigenvalue weighted by molar-refractivity contribution is 0.232. The summed E-state index contributed by atoms with van der Waals surface area (Å²) in [5.74, 6) is 1.73. The first-order valence-corrected chi connectivity index (χ1v) is 6.97. The van der Waals surface area contributed by atoms with Gasteiger partial charge in [-0.15, -0.1) is 0 Å². The van der Waals surface area contributed by atoms with Crippen LogP contribution in [-0.4, -0.2) is 27.4 Å². The summed E-state index contributed by atoms with van der Waals surface area (Å²) in [6.07, 6.45) is 1.83. The zero-order chi connectivity index (χ0) is 12.8. The molecule has 1 N–H and O–H groups in total. The van der Waals surface area contributed by atoms with Crippen LogP contribution in [0.25, 0.3) is 0 Å². The normalized spacial score (nSPS) is 14.5. The maximum absolute atomic E-state index is 5.52. The van der Waals surface area contributed by atoms with Crippen molar-refractivity contribution >= 4 is 21.9 Å². The Morgan fingerprint density at radius 1 is 1.35 bits per heavy atom. The molecule has 4 nitrogen and oxygen atoms in total. The molecule has 0 aliphatic carbocycles. The van der Waals surface area contributed by atoms with Crippen molar-refractivity contribution in [1.29, 1.82) is 0 Å². The molecule has 0 aromatic carbocycles. The van der Waals surface area contributed by atoms with Crippen molar-refractivity contribution in [3.8, 4) is 5.88 Å². The summed E-state index contributed by atoms with van der Waals surface area (Å²) < 4.78 is 5.52. The fourth-order valence-electron chi connectivity index (χ4n) is 1.20. The molecule has 0 amide bonds. The summed E-state index contributed by atoms with van der Waals surface area (Å²) in [4.78, 5) is 8.50. The molecule has 0 saturated carbocycles. The zero-order valence-corrected chi connectivity index (χ0v) is 12.4. The van der Waals surface area contributed by atoms with Gasteiger partial charge in [0.05, 0.1) is 6.10 Å². The molecule has 1 heterocycles. The van der Waals surface area contributed by atoms with E-state index < -0.39 is 0 Å². The predicted molar refractivity (Wildman–Crippen MR) is 73.8 cm³/mol. The second kappa shape index (κ2) is 6.79. The van der Waals surface area contributed by atoms with Gasteiger partial charge in [-0.1, -0.05) is 22.9 Å². The van der Waals surface area contributed by atoms with E-state index in [0.717, 1.165) is 5.33 Å². The van der Waals surface area contributed by atoms with Gasteiger partial charge in [-0.25, -0.2) is 4.98 Å². The predicted octanol–water partition coefficient (Wildman–Crippen LogP) is 3.10. The Kier molecular flexibility index (Phi) is 5.68. The minimum Gasteiger partial charge on any atom is -0.475 e. The van der Waals surface area contributed by atoms with Crippen molar-refractivity contribution in [2.45, 2.75) is 39.8 Å². The van der Waals surface area contributed by atoms with Crippen LogP contribution in [0.15, 0.2) is 12.3 Å². The molecule has 2 atom stereocenters. The number of rotatable bonds is 6. The van der Waals surface area contributed by atoms with Crippen LogP contribution in [0.3, 0.4) is 0 Å². The van der Waals surface area contributed by atoms with E-state index in [0.29, 0.717) is 23.8 Å². The number of nitrogens with zero attached hydrogens (tertiary/aromatic N) is 2. The molecule has 0 spiro atoms. The van der Waals surface area contributed by atoms with Gasteiger partial charge in [0, 0.05) is 23.6 Å². The number of anilines is 1. The Hall–Kier alpha value is -0.840. The topological polar surface area (TPSA) is 47.0 Å². The molecule has 1 aromatic heterocycles. The van der Waals surface area contributed by atoms with E-state index in [2.05, 4.69) is 45.1 Å². The van der Waals surface area contributed by atoms with Crippen LogP contribution in [-0.2, 0) is 0 Å². The number of aromatic nitrogens is 2. The van der Waals surface area contributed by atoms with E-state index in [1.165, 1.54) is 0 Å². The summed E-state index contributed by atoms with van der Waals surface area (Å²) in [5.41, 5.74) is 0. The lowest BCUT2D eigenvalue weighted by atomic mass is 10.1. The van der Waals surface area contributed by atoms with Gasteiger partial charge in [0.2, 0.25) is 11.8 Å². The van der Waals surface area contributed by atoms with Gasteiger partial charge in [0.25, 0.3) is 0 Å². The smallest absolute Gasteiger partial charge is 0.226 e. The molecule has 0 bridgehead atoms. The number of halogens is 1. The van der Waals surface area contributed by atoms with Crippen LogP contribution >= 0.6 is 15.9 Å². The summed E-state index contributed by atoms with van der Waals surface area (Å²) in [6.45, 7) is 8.24. The highest BCUT2D eigenvalue weighted by Gasteiger charge is 2.12. The Balaban J connectivity index is 2.65. The Morgan fingerprint density at radius 2 is 2.06 bits per heavy atom. The third-order valence-corrected chi connectivity index (χ3v) is 3.46. The molecule has 96 valence electrons. The van der Waals surface area contributed by atoms with Crippen LogP contribution in [0.4, 0.5) is 5.95 Å². The van der Waals surface area contributed by atoms with Gasteiger partial charge >= 0.3 is 0 Å². The fourth-order valence-corrected chi connectivity index (χ4v) is 1.76. The molecule has 5 heteroatoms. The SMILES string of the molecule is CC(C)Oc1ccnc(NC(C)C(C)CBr)n1. The first-order chi connectivity index (χ1) is 8.02. The van der Waals surface area contributed by atoms with Crippen LogP contribution in [0, 0.1) is 5.92 Å². The van der Waals surface area contributed by atoms with Crippen molar-refractivity contribution < 1.29 is 4.74 Å². The van der Waals surface area contributed by atoms with Crippen molar-refractivity contribution in [3.05, 3.63) is 12.3 Å². The average molecular weight is 302 g/mol. The summed E-state index contributed by atoms with van der Waals surface area (Å²) in [7, 11) is 0. The van der Waals surface area contributed by atoms with E-state index in [1.54, 1.807) is 12.3 Å². The number of hydrogen-bond acceptors (Lipinski definition) is 4. The first-order valence-electron chi connectivity index (χ1n) is 5.85. The van der Waals surface area contributed by atoms with Gasteiger partial charge < -0.3 is 10.1 Å². The van der Waals surface area contributed by atoms with Gasteiger partial charge in [0.15, 0.2) is 0 Å². The van der Waals surface area contributed by atoms with Crippen LogP contribution in [0.2, 0.25) is 0 Å². The highest BCUT2D eigenvalue weighted by molar-refractivity contribution is 9.09. The lowest BCUT2D eigenvalue weighted by Crippen LogP contribution is -2.25. The molecule has 0 fully saturated rings. The van der Waals surface area contributed by atoms with Crippen molar-refractivity contribution in [3.63, 3.8) is 0 Å². The van der Waals surface area contributed by atoms with E-state index in [1.807, 2.05) is 13.8 Å². The number of nitrogens with one attached hydrogen (secondary N) is 1. The third kappa shape index (κ3) is 4.89. The van der Waals surface area contributed by atoms with E-state index >= 15 is 0 Å². The highest BCUT2D eigenvalue weighted by atomic mass is 79.9. The molecule has 1 rings (SSSR count). The van der Waals surface area contributed by atoms with Crippen molar-refractivity contribution in [2.24, 2.45) is 5.92 Å². The maximum Gasteiger partial charge on any atom is 0.226 e. The summed E-state index contributed by atoms with van der Waals surface area (Å²) in [6, 6.07) is 2.08. The minimum atomic E-state index is 0.122. The van der Waals surface area contributed by atoms with Gasteiger partial charge in [0.1, 0.15) is 0 Å². The molecule has 0 radical (unpaired) electrons. The monoisotopic (exact) mass is 301 g/mol. The highest BCUT2D eigenvalue weighted by Crippen LogP contribution is 2.14. The van der Waals surface area contributed by atoms with Crippen molar-refractivity contribution in [1.82, 2.24) is 9.97 Å². The molecule has 0 saturated heterocycles. The second-order valence-electron chi connectivity index (χ2n) is 4.45. The molecule has 2 unspecified atom stereocenters. The zero-order valence-electron chi connectivity index (χ0n) is 10.8. The quantitative estimate of drug-likeness (QED) is 0.820. The largest absolute Gasteiger partial charge is 0.475 e. The molecular weight excluding hydrogens is 282 g/mol. The average Bonchev–Trinajstić information content (AvgIpc) is 2.27. The first kappa shape index (κ1) is 14.2. The lowest BCUT2D eigenvalue weighted by Gasteiger charge is -2.19. The van der Waals surface area contributed by atoms with Gasteiger partial charge in [-0.2, -0.15) is 4.98 Å². The van der Waals surface area contributed by atoms with Crippen LogP contribution in [0.5, 0.6) is 5.88 Å². The fraction of sp³-hybridized carbons (Fsp3) is 0.667. The van der Waals surface area contributed by atoms with E-state index in [-0.39, 0.29) is 6.10 Å². The summed E-state index contributed by atoms with van der Waals surface area (Å²) in [5, 5.41) is 4.22. The van der Waals surface area contributed by atoms with Crippen LogP contribution < -0.4 is 10.1 Å². The van der Waals surface area contributed by atoms with E-state index in [9.17, 15) is 0 Å². The Labute approximate surface area is 111 Å².